The van der Waals surface area contributed by atoms with Crippen LogP contribution in [-0.2, 0) is 21.3 Å². The van der Waals surface area contributed by atoms with Gasteiger partial charge in [0.05, 0.1) is 11.5 Å². The van der Waals surface area contributed by atoms with Crippen molar-refractivity contribution in [2.75, 3.05) is 20.3 Å². The van der Waals surface area contributed by atoms with Crippen LogP contribution in [0.25, 0.3) is 0 Å². The number of methoxy groups -OCH3 is 1. The molecule has 0 amide bonds. The molecule has 0 aliphatic heterocycles. The molecule has 1 rings (SSSR count). The first-order valence-corrected chi connectivity index (χ1v) is 8.62. The van der Waals surface area contributed by atoms with E-state index in [9.17, 15) is 8.42 Å². The Bertz CT molecular complexity index is 558. The fourth-order valence-electron chi connectivity index (χ4n) is 2.13. The van der Waals surface area contributed by atoms with Crippen LogP contribution in [0.5, 0.6) is 0 Å². The lowest BCUT2D eigenvalue weighted by Crippen LogP contribution is -2.40. The summed E-state index contributed by atoms with van der Waals surface area (Å²) in [6.07, 6.45) is 0.749. The summed E-state index contributed by atoms with van der Waals surface area (Å²) < 4.78 is 32.2. The van der Waals surface area contributed by atoms with E-state index in [1.165, 1.54) is 4.31 Å². The molecular weight excluding hydrogens is 288 g/mol. The second kappa shape index (κ2) is 7.89. The normalized spacial score (nSPS) is 13.6. The molecule has 0 spiro atoms. The first kappa shape index (κ1) is 18.1. The van der Waals surface area contributed by atoms with E-state index in [-0.39, 0.29) is 6.04 Å². The zero-order valence-electron chi connectivity index (χ0n) is 13.3. The summed E-state index contributed by atoms with van der Waals surface area (Å²) in [6.45, 7) is 6.86. The van der Waals surface area contributed by atoms with Gasteiger partial charge in [-0.3, -0.25) is 0 Å². The SMILES string of the molecule is CCC(C)N(CCOC)S(=O)(=O)c1ccc(C)c(CN)c1. The Balaban J connectivity index is 3.21. The van der Waals surface area contributed by atoms with Crippen LogP contribution in [0.1, 0.15) is 31.4 Å². The molecule has 0 aliphatic rings. The van der Waals surface area contributed by atoms with Crippen LogP contribution < -0.4 is 5.73 Å². The van der Waals surface area contributed by atoms with Crippen LogP contribution in [0.15, 0.2) is 23.1 Å². The summed E-state index contributed by atoms with van der Waals surface area (Å²) in [5, 5.41) is 0. The van der Waals surface area contributed by atoms with Gasteiger partial charge < -0.3 is 10.5 Å². The van der Waals surface area contributed by atoms with Crippen LogP contribution in [0.3, 0.4) is 0 Å². The molecule has 120 valence electrons. The summed E-state index contributed by atoms with van der Waals surface area (Å²) in [5.74, 6) is 0. The number of nitrogens with zero attached hydrogens (tertiary/aromatic N) is 1. The Labute approximate surface area is 128 Å². The summed E-state index contributed by atoms with van der Waals surface area (Å²) >= 11 is 0. The number of nitrogens with two attached hydrogens (primary N) is 1. The van der Waals surface area contributed by atoms with Gasteiger partial charge >= 0.3 is 0 Å². The number of sulfonamides is 1. The van der Waals surface area contributed by atoms with Gasteiger partial charge in [-0.1, -0.05) is 13.0 Å². The van der Waals surface area contributed by atoms with Crippen LogP contribution >= 0.6 is 0 Å². The van der Waals surface area contributed by atoms with Crippen molar-refractivity contribution in [2.45, 2.75) is 44.7 Å². The molecule has 1 unspecified atom stereocenters. The molecule has 0 saturated carbocycles. The zero-order valence-corrected chi connectivity index (χ0v) is 14.1. The highest BCUT2D eigenvalue weighted by molar-refractivity contribution is 7.89. The lowest BCUT2D eigenvalue weighted by Gasteiger charge is -2.27. The van der Waals surface area contributed by atoms with Gasteiger partial charge in [-0.15, -0.1) is 0 Å². The Morgan fingerprint density at radius 1 is 1.38 bits per heavy atom. The van der Waals surface area contributed by atoms with Crippen LogP contribution in [-0.4, -0.2) is 39.0 Å². The van der Waals surface area contributed by atoms with Crippen molar-refractivity contribution in [1.82, 2.24) is 4.31 Å². The third-order valence-electron chi connectivity index (χ3n) is 3.75. The van der Waals surface area contributed by atoms with Crippen molar-refractivity contribution >= 4 is 10.0 Å². The quantitative estimate of drug-likeness (QED) is 0.795. The molecular formula is C15H26N2O3S. The maximum Gasteiger partial charge on any atom is 0.243 e. The van der Waals surface area contributed by atoms with Crippen molar-refractivity contribution in [1.29, 1.82) is 0 Å². The first-order chi connectivity index (χ1) is 9.88. The third kappa shape index (κ3) is 4.26. The Kier molecular flexibility index (Phi) is 6.80. The fraction of sp³-hybridized carbons (Fsp3) is 0.600. The highest BCUT2D eigenvalue weighted by Crippen LogP contribution is 2.22. The maximum atomic E-state index is 12.8. The van der Waals surface area contributed by atoms with Gasteiger partial charge in [0.1, 0.15) is 0 Å². The van der Waals surface area contributed by atoms with Crippen molar-refractivity contribution in [3.63, 3.8) is 0 Å². The molecule has 2 N–H and O–H groups in total. The third-order valence-corrected chi connectivity index (χ3v) is 5.75. The van der Waals surface area contributed by atoms with E-state index in [1.54, 1.807) is 25.3 Å². The van der Waals surface area contributed by atoms with E-state index in [2.05, 4.69) is 0 Å². The van der Waals surface area contributed by atoms with Crippen LogP contribution in [0.4, 0.5) is 0 Å². The monoisotopic (exact) mass is 314 g/mol. The molecule has 1 aromatic carbocycles. The van der Waals surface area contributed by atoms with Gasteiger partial charge in [0.2, 0.25) is 10.0 Å². The standard InChI is InChI=1S/C15H26N2O3S/c1-5-13(3)17(8-9-20-4)21(18,19)15-7-6-12(2)14(10-15)11-16/h6-7,10,13H,5,8-9,11,16H2,1-4H3. The number of rotatable bonds is 8. The molecule has 5 nitrogen and oxygen atoms in total. The Hall–Kier alpha value is -0.950. The lowest BCUT2D eigenvalue weighted by atomic mass is 10.1. The average molecular weight is 314 g/mol. The lowest BCUT2D eigenvalue weighted by molar-refractivity contribution is 0.167. The maximum absolute atomic E-state index is 12.8. The zero-order chi connectivity index (χ0) is 16.0. The largest absolute Gasteiger partial charge is 0.383 e. The molecule has 0 aromatic heterocycles. The molecule has 21 heavy (non-hydrogen) atoms. The van der Waals surface area contributed by atoms with Crippen molar-refractivity contribution < 1.29 is 13.2 Å². The summed E-state index contributed by atoms with van der Waals surface area (Å²) in [6, 6.07) is 5.05. The van der Waals surface area contributed by atoms with Gasteiger partial charge in [0, 0.05) is 26.2 Å². The molecule has 0 aliphatic carbocycles. The Morgan fingerprint density at radius 3 is 2.57 bits per heavy atom. The minimum Gasteiger partial charge on any atom is -0.383 e. The van der Waals surface area contributed by atoms with Crippen molar-refractivity contribution in [3.05, 3.63) is 29.3 Å². The molecule has 0 radical (unpaired) electrons. The summed E-state index contributed by atoms with van der Waals surface area (Å²) in [5.41, 5.74) is 7.53. The van der Waals surface area contributed by atoms with Crippen LogP contribution in [0.2, 0.25) is 0 Å². The number of aryl methyl sites for hydroxylation is 1. The molecule has 1 atom stereocenters. The van der Waals surface area contributed by atoms with E-state index in [4.69, 9.17) is 10.5 Å². The first-order valence-electron chi connectivity index (χ1n) is 7.18. The van der Waals surface area contributed by atoms with Gasteiger partial charge in [-0.2, -0.15) is 4.31 Å². The van der Waals surface area contributed by atoms with E-state index in [0.717, 1.165) is 17.5 Å². The second-order valence-electron chi connectivity index (χ2n) is 5.16. The molecule has 0 fully saturated rings. The highest BCUT2D eigenvalue weighted by atomic mass is 32.2. The number of hydrogen-bond acceptors (Lipinski definition) is 4. The number of benzene rings is 1. The number of ether oxygens (including phenoxy) is 1. The van der Waals surface area contributed by atoms with E-state index in [1.807, 2.05) is 20.8 Å². The second-order valence-corrected chi connectivity index (χ2v) is 7.05. The number of hydrogen-bond donors (Lipinski definition) is 1. The van der Waals surface area contributed by atoms with Gasteiger partial charge in [0.25, 0.3) is 0 Å². The van der Waals surface area contributed by atoms with Crippen molar-refractivity contribution in [2.24, 2.45) is 5.73 Å². The fourth-order valence-corrected chi connectivity index (χ4v) is 3.87. The van der Waals surface area contributed by atoms with E-state index in [0.29, 0.717) is 24.6 Å². The molecule has 0 bridgehead atoms. The van der Waals surface area contributed by atoms with E-state index < -0.39 is 10.0 Å². The van der Waals surface area contributed by atoms with Gasteiger partial charge in [-0.25, -0.2) is 8.42 Å². The molecule has 0 saturated heterocycles. The molecule has 6 heteroatoms. The van der Waals surface area contributed by atoms with Gasteiger partial charge in [0.15, 0.2) is 0 Å². The average Bonchev–Trinajstić information content (AvgIpc) is 2.47. The minimum atomic E-state index is -3.54. The minimum absolute atomic E-state index is 0.0761. The Morgan fingerprint density at radius 2 is 2.05 bits per heavy atom. The predicted molar refractivity (Wildman–Crippen MR) is 84.6 cm³/mol. The predicted octanol–water partition coefficient (Wildman–Crippen LogP) is 1.89. The van der Waals surface area contributed by atoms with Gasteiger partial charge in [-0.05, 0) is 43.5 Å². The van der Waals surface area contributed by atoms with Crippen molar-refractivity contribution in [3.8, 4) is 0 Å². The summed E-state index contributed by atoms with van der Waals surface area (Å²) in [7, 11) is -1.97. The summed E-state index contributed by atoms with van der Waals surface area (Å²) in [4.78, 5) is 0.296. The smallest absolute Gasteiger partial charge is 0.243 e. The highest BCUT2D eigenvalue weighted by Gasteiger charge is 2.28. The molecule has 0 heterocycles. The topological polar surface area (TPSA) is 72.6 Å². The van der Waals surface area contributed by atoms with E-state index >= 15 is 0 Å². The van der Waals surface area contributed by atoms with Crippen LogP contribution in [0, 0.1) is 6.92 Å². The molecule has 1 aromatic rings.